The number of esters is 1. The average Bonchev–Trinajstić information content (AvgIpc) is 2.98. The number of benzene rings is 4. The molecule has 4 rings (SSSR count). The third kappa shape index (κ3) is 8.23. The van der Waals surface area contributed by atoms with Crippen molar-refractivity contribution < 1.29 is 18.9 Å². The molecule has 0 aromatic heterocycles. The molecule has 0 radical (unpaired) electrons. The number of rotatable bonds is 8. The van der Waals surface area contributed by atoms with Crippen LogP contribution in [0, 0.1) is 0 Å². The first kappa shape index (κ1) is 34.4. The molecule has 0 saturated heterocycles. The second-order valence-corrected chi connectivity index (χ2v) is 16.1. The molecule has 1 unspecified atom stereocenters. The normalized spacial score (nSPS) is 13.0. The van der Waals surface area contributed by atoms with E-state index in [0.29, 0.717) is 12.2 Å². The van der Waals surface area contributed by atoms with Crippen molar-refractivity contribution in [2.24, 2.45) is 0 Å². The van der Waals surface area contributed by atoms with Gasteiger partial charge in [0.15, 0.2) is 0 Å². The Bertz CT molecular complexity index is 1600. The highest BCUT2D eigenvalue weighted by molar-refractivity contribution is 7.55. The van der Waals surface area contributed by atoms with E-state index >= 15 is 0 Å². The highest BCUT2D eigenvalue weighted by Gasteiger charge is 2.29. The lowest BCUT2D eigenvalue weighted by Gasteiger charge is -2.31. The van der Waals surface area contributed by atoms with Gasteiger partial charge < -0.3 is 14.2 Å². The van der Waals surface area contributed by atoms with E-state index in [0.717, 1.165) is 33.1 Å². The first-order chi connectivity index (χ1) is 21.0. The Labute approximate surface area is 271 Å². The molecule has 0 amide bonds. The van der Waals surface area contributed by atoms with Gasteiger partial charge in [0.1, 0.15) is 5.75 Å². The molecule has 0 saturated carbocycles. The summed E-state index contributed by atoms with van der Waals surface area (Å²) in [6, 6.07) is 29.1. The van der Waals surface area contributed by atoms with E-state index < -0.39 is 8.38 Å². The van der Waals surface area contributed by atoms with Crippen LogP contribution in [0.4, 0.5) is 0 Å². The number of ether oxygens (including phenoxy) is 1. The zero-order valence-corrected chi connectivity index (χ0v) is 29.5. The standard InChI is InChI=1S/C40H49O4P/c1-38(2,3)29-22-20-28(21-23-29)30-14-11-12-17-35(30)45(42)44-34-24-18-27(19-25-36(41)43-10)26-31(34)37-32(39(4,5)6)15-13-16-33(37)40(7,8)9/h11-18,20-24,26,42H,19,25H2,1-10H3. The minimum Gasteiger partial charge on any atom is -0.469 e. The molecule has 1 N–H and O–H groups in total. The molecule has 0 fully saturated rings. The fraction of sp³-hybridized carbons (Fsp3) is 0.375. The van der Waals surface area contributed by atoms with Crippen LogP contribution in [0.1, 0.15) is 91.0 Å². The third-order valence-corrected chi connectivity index (χ3v) is 9.37. The van der Waals surface area contributed by atoms with Gasteiger partial charge in [0.05, 0.1) is 7.11 Å². The number of carbonyl (C=O) groups is 1. The quantitative estimate of drug-likeness (QED) is 0.157. The van der Waals surface area contributed by atoms with Crippen molar-refractivity contribution in [1.82, 2.24) is 0 Å². The molecule has 1 atom stereocenters. The molecular weight excluding hydrogens is 575 g/mol. The molecule has 4 aromatic rings. The number of hydrogen-bond acceptors (Lipinski definition) is 4. The van der Waals surface area contributed by atoms with E-state index in [1.165, 1.54) is 23.8 Å². The van der Waals surface area contributed by atoms with Crippen LogP contribution in [0.25, 0.3) is 22.3 Å². The molecule has 0 aliphatic rings. The molecule has 0 bridgehead atoms. The van der Waals surface area contributed by atoms with Gasteiger partial charge in [-0.1, -0.05) is 129 Å². The van der Waals surface area contributed by atoms with E-state index in [-0.39, 0.29) is 28.6 Å². The van der Waals surface area contributed by atoms with E-state index in [4.69, 9.17) is 9.26 Å². The summed E-state index contributed by atoms with van der Waals surface area (Å²) in [6.07, 6.45) is 0.834. The Kier molecular flexibility index (Phi) is 10.3. The molecule has 238 valence electrons. The average molecular weight is 625 g/mol. The lowest BCUT2D eigenvalue weighted by Crippen LogP contribution is -2.19. The summed E-state index contributed by atoms with van der Waals surface area (Å²) in [5.74, 6) is 0.374. The summed E-state index contributed by atoms with van der Waals surface area (Å²) in [6.45, 7) is 20.0. The molecule has 45 heavy (non-hydrogen) atoms. The third-order valence-electron chi connectivity index (χ3n) is 8.20. The fourth-order valence-electron chi connectivity index (χ4n) is 5.63. The molecule has 0 heterocycles. The highest BCUT2D eigenvalue weighted by Crippen LogP contribution is 2.47. The van der Waals surface area contributed by atoms with Crippen LogP contribution < -0.4 is 9.83 Å². The first-order valence-corrected chi connectivity index (χ1v) is 16.9. The van der Waals surface area contributed by atoms with Gasteiger partial charge in [-0.05, 0) is 79.8 Å². The minimum atomic E-state index is -2.01. The minimum absolute atomic E-state index is 0.0550. The van der Waals surface area contributed by atoms with Crippen LogP contribution in [0.2, 0.25) is 0 Å². The van der Waals surface area contributed by atoms with Gasteiger partial charge in [-0.25, -0.2) is 0 Å². The second-order valence-electron chi connectivity index (χ2n) is 14.8. The van der Waals surface area contributed by atoms with Crippen molar-refractivity contribution in [2.75, 3.05) is 7.11 Å². The first-order valence-electron chi connectivity index (χ1n) is 15.7. The number of aryl methyl sites for hydroxylation is 1. The summed E-state index contributed by atoms with van der Waals surface area (Å²) in [5.41, 5.74) is 8.45. The van der Waals surface area contributed by atoms with Gasteiger partial charge in [-0.3, -0.25) is 4.79 Å². The smallest absolute Gasteiger partial charge is 0.305 e. The van der Waals surface area contributed by atoms with Crippen molar-refractivity contribution in [3.63, 3.8) is 0 Å². The van der Waals surface area contributed by atoms with Crippen molar-refractivity contribution in [3.8, 4) is 28.0 Å². The molecule has 5 heteroatoms. The van der Waals surface area contributed by atoms with Crippen molar-refractivity contribution in [3.05, 3.63) is 107 Å². The maximum atomic E-state index is 12.0. The lowest BCUT2D eigenvalue weighted by atomic mass is 9.74. The molecular formula is C40H49O4P. The Morgan fingerprint density at radius 2 is 1.31 bits per heavy atom. The van der Waals surface area contributed by atoms with Crippen LogP contribution in [0.5, 0.6) is 5.75 Å². The van der Waals surface area contributed by atoms with Gasteiger partial charge >= 0.3 is 5.97 Å². The Hall–Kier alpha value is -3.46. The van der Waals surface area contributed by atoms with E-state index in [2.05, 4.69) is 111 Å². The van der Waals surface area contributed by atoms with Crippen molar-refractivity contribution in [1.29, 1.82) is 0 Å². The molecule has 0 aliphatic heterocycles. The molecule has 4 aromatic carbocycles. The van der Waals surface area contributed by atoms with Gasteiger partial charge in [0.2, 0.25) is 0 Å². The maximum absolute atomic E-state index is 12.0. The summed E-state index contributed by atoms with van der Waals surface area (Å²) in [4.78, 5) is 23.8. The fourth-order valence-corrected chi connectivity index (χ4v) is 6.69. The van der Waals surface area contributed by atoms with Gasteiger partial charge in [0.25, 0.3) is 8.38 Å². The summed E-state index contributed by atoms with van der Waals surface area (Å²) < 4.78 is 11.5. The Morgan fingerprint density at radius 3 is 1.87 bits per heavy atom. The summed E-state index contributed by atoms with van der Waals surface area (Å²) >= 11 is 0. The number of hydrogen-bond donors (Lipinski definition) is 1. The topological polar surface area (TPSA) is 55.8 Å². The predicted molar refractivity (Wildman–Crippen MR) is 190 cm³/mol. The summed E-state index contributed by atoms with van der Waals surface area (Å²) in [7, 11) is -0.596. The maximum Gasteiger partial charge on any atom is 0.305 e. The number of carbonyl (C=O) groups excluding carboxylic acids is 1. The van der Waals surface area contributed by atoms with E-state index in [1.54, 1.807) is 0 Å². The predicted octanol–water partition coefficient (Wildman–Crippen LogP) is 10.0. The SMILES string of the molecule is COC(=O)CCc1ccc(OP(O)c2ccccc2-c2ccc(C(C)(C)C)cc2)c(-c2c(C(C)(C)C)cccc2C(C)(C)C)c1. The van der Waals surface area contributed by atoms with Crippen LogP contribution in [-0.4, -0.2) is 18.0 Å². The Morgan fingerprint density at radius 1 is 0.711 bits per heavy atom. The monoisotopic (exact) mass is 624 g/mol. The molecule has 4 nitrogen and oxygen atoms in total. The van der Waals surface area contributed by atoms with E-state index in [1.807, 2.05) is 36.4 Å². The van der Waals surface area contributed by atoms with Crippen LogP contribution in [0.15, 0.2) is 84.9 Å². The van der Waals surface area contributed by atoms with Gasteiger partial charge in [0, 0.05) is 17.3 Å². The van der Waals surface area contributed by atoms with Crippen molar-refractivity contribution >= 4 is 19.6 Å². The van der Waals surface area contributed by atoms with E-state index in [9.17, 15) is 9.69 Å². The summed E-state index contributed by atoms with van der Waals surface area (Å²) in [5, 5.41) is 0.761. The zero-order valence-electron chi connectivity index (χ0n) is 28.6. The largest absolute Gasteiger partial charge is 0.469 e. The zero-order chi connectivity index (χ0) is 33.2. The molecule has 0 spiro atoms. The van der Waals surface area contributed by atoms with Crippen LogP contribution in [-0.2, 0) is 32.2 Å². The van der Waals surface area contributed by atoms with Crippen molar-refractivity contribution in [2.45, 2.75) is 91.4 Å². The van der Waals surface area contributed by atoms with Crippen LogP contribution >= 0.6 is 8.38 Å². The number of methoxy groups -OCH3 is 1. The highest BCUT2D eigenvalue weighted by atomic mass is 31.2. The molecule has 0 aliphatic carbocycles. The lowest BCUT2D eigenvalue weighted by molar-refractivity contribution is -0.140. The Balaban J connectivity index is 1.85. The second kappa shape index (κ2) is 13.5. The van der Waals surface area contributed by atoms with Crippen LogP contribution in [0.3, 0.4) is 0 Å². The van der Waals surface area contributed by atoms with Gasteiger partial charge in [-0.15, -0.1) is 0 Å². The van der Waals surface area contributed by atoms with Gasteiger partial charge in [-0.2, -0.15) is 0 Å².